The number of H-pyrrole nitrogens is 1. The number of nitrogens with zero attached hydrogens (tertiary/aromatic N) is 2. The molecule has 0 bridgehead atoms. The van der Waals surface area contributed by atoms with Crippen LogP contribution in [0.4, 0.5) is 4.39 Å². The second-order valence-corrected chi connectivity index (χ2v) is 7.24. The van der Waals surface area contributed by atoms with Gasteiger partial charge in [-0.15, -0.1) is 0 Å². The Labute approximate surface area is 186 Å². The van der Waals surface area contributed by atoms with Crippen molar-refractivity contribution in [2.45, 2.75) is 12.6 Å². The average molecular weight is 461 g/mol. The lowest BCUT2D eigenvalue weighted by molar-refractivity contribution is -0.148. The Morgan fingerprint density at radius 1 is 1.16 bits per heavy atom. The van der Waals surface area contributed by atoms with Crippen molar-refractivity contribution in [1.29, 1.82) is 0 Å². The molecule has 1 unspecified atom stereocenters. The Hall–Kier alpha value is -3.60. The number of hydrogen-bond donors (Lipinski definition) is 4. The van der Waals surface area contributed by atoms with Crippen molar-refractivity contribution in [2.75, 3.05) is 6.54 Å². The minimum absolute atomic E-state index is 0.0255. The van der Waals surface area contributed by atoms with E-state index in [1.54, 1.807) is 24.3 Å². The fraction of sp³-hybridized carbons (Fsp3) is 0.143. The van der Waals surface area contributed by atoms with E-state index in [1.807, 2.05) is 0 Å². The Morgan fingerprint density at radius 3 is 2.50 bits per heavy atom. The molecule has 1 heterocycles. The maximum atomic E-state index is 14.1. The number of carboxylic acid groups (broad SMARTS) is 1. The van der Waals surface area contributed by atoms with Gasteiger partial charge in [-0.25, -0.2) is 19.3 Å². The second kappa shape index (κ2) is 10.1. The van der Waals surface area contributed by atoms with Gasteiger partial charge in [0.2, 0.25) is 0 Å². The van der Waals surface area contributed by atoms with Gasteiger partial charge < -0.3 is 10.2 Å². The van der Waals surface area contributed by atoms with Crippen LogP contribution in [-0.2, 0) is 11.3 Å². The van der Waals surface area contributed by atoms with E-state index in [2.05, 4.69) is 15.6 Å². The van der Waals surface area contributed by atoms with E-state index < -0.39 is 35.9 Å². The molecule has 0 aliphatic heterocycles. The van der Waals surface area contributed by atoms with Crippen LogP contribution in [0.1, 0.15) is 16.1 Å². The molecule has 1 aromatic heterocycles. The van der Waals surface area contributed by atoms with Crippen LogP contribution in [0.2, 0.25) is 5.02 Å². The molecule has 0 aliphatic rings. The molecule has 0 saturated heterocycles. The zero-order chi connectivity index (χ0) is 23.3. The van der Waals surface area contributed by atoms with Crippen LogP contribution in [0, 0.1) is 5.82 Å². The number of nitrogens with one attached hydrogen (secondary N) is 2. The summed E-state index contributed by atoms with van der Waals surface area (Å²) < 4.78 is 14.1. The van der Waals surface area contributed by atoms with E-state index in [0.29, 0.717) is 21.7 Å². The predicted molar refractivity (Wildman–Crippen MR) is 113 cm³/mol. The van der Waals surface area contributed by atoms with Crippen molar-refractivity contribution in [3.8, 4) is 11.1 Å². The zero-order valence-electron chi connectivity index (χ0n) is 16.5. The third-order valence-corrected chi connectivity index (χ3v) is 4.65. The number of hydrazine groups is 1. The highest BCUT2D eigenvalue weighted by molar-refractivity contribution is 6.30. The first kappa shape index (κ1) is 23.1. The largest absolute Gasteiger partial charge is 0.479 e. The average Bonchev–Trinajstić information content (AvgIpc) is 2.76. The minimum atomic E-state index is -1.77. The number of aromatic amines is 1. The van der Waals surface area contributed by atoms with Crippen molar-refractivity contribution in [2.24, 2.45) is 0 Å². The Bertz CT molecular complexity index is 1170. The number of aromatic nitrogens is 2. The summed E-state index contributed by atoms with van der Waals surface area (Å²) in [6.45, 7) is -0.396. The number of aliphatic carboxylic acids is 1. The van der Waals surface area contributed by atoms with E-state index >= 15 is 0 Å². The normalized spacial score (nSPS) is 11.9. The molecular formula is C21H18ClFN4O5. The van der Waals surface area contributed by atoms with E-state index in [-0.39, 0.29) is 12.2 Å². The summed E-state index contributed by atoms with van der Waals surface area (Å²) in [5.74, 6) is -2.61. The van der Waals surface area contributed by atoms with Gasteiger partial charge in [0.05, 0.1) is 6.54 Å². The number of carbonyl (C=O) groups is 2. The monoisotopic (exact) mass is 460 g/mol. The molecule has 0 fully saturated rings. The number of halogens is 2. The van der Waals surface area contributed by atoms with Crippen molar-refractivity contribution in [3.63, 3.8) is 0 Å². The summed E-state index contributed by atoms with van der Waals surface area (Å²) in [6, 6.07) is 13.2. The Balaban J connectivity index is 1.78. The van der Waals surface area contributed by atoms with Gasteiger partial charge in [-0.3, -0.25) is 15.0 Å². The van der Waals surface area contributed by atoms with Gasteiger partial charge in [0, 0.05) is 23.2 Å². The maximum absolute atomic E-state index is 14.1. The first-order valence-corrected chi connectivity index (χ1v) is 9.67. The number of amides is 1. The molecule has 166 valence electrons. The van der Waals surface area contributed by atoms with E-state index in [1.165, 1.54) is 29.3 Å². The Kier molecular flexibility index (Phi) is 7.31. The number of aliphatic hydroxyl groups excluding tert-OH is 1. The predicted octanol–water partition coefficient (Wildman–Crippen LogP) is 1.82. The van der Waals surface area contributed by atoms with E-state index in [4.69, 9.17) is 16.7 Å². The summed E-state index contributed by atoms with van der Waals surface area (Å²) in [5.41, 5.74) is 3.40. The first-order valence-electron chi connectivity index (χ1n) is 9.30. The number of carbonyl (C=O) groups excluding carboxylic acids is 1. The number of benzene rings is 2. The van der Waals surface area contributed by atoms with Gasteiger partial charge in [-0.1, -0.05) is 35.9 Å². The molecule has 0 aliphatic carbocycles. The molecule has 9 nitrogen and oxygen atoms in total. The molecule has 1 atom stereocenters. The summed E-state index contributed by atoms with van der Waals surface area (Å²) >= 11 is 5.94. The van der Waals surface area contributed by atoms with Gasteiger partial charge in [-0.05, 0) is 35.4 Å². The number of aliphatic hydroxyl groups is 1. The minimum Gasteiger partial charge on any atom is -0.479 e. The SMILES string of the molecule is O=C(NN(Cc1ccc(-c2cc(Cl)ccc2F)cc1)CC(O)C(=O)O)c1ccc(=O)[nH]n1. The molecule has 0 saturated carbocycles. The van der Waals surface area contributed by atoms with E-state index in [9.17, 15) is 23.9 Å². The lowest BCUT2D eigenvalue weighted by atomic mass is 10.0. The molecule has 3 aromatic rings. The van der Waals surface area contributed by atoms with Crippen LogP contribution in [0.5, 0.6) is 0 Å². The highest BCUT2D eigenvalue weighted by Gasteiger charge is 2.21. The van der Waals surface area contributed by atoms with Crippen molar-refractivity contribution < 1.29 is 24.2 Å². The van der Waals surface area contributed by atoms with Gasteiger partial charge in [0.25, 0.3) is 11.5 Å². The quantitative estimate of drug-likeness (QED) is 0.376. The smallest absolute Gasteiger partial charge is 0.333 e. The van der Waals surface area contributed by atoms with Crippen LogP contribution in [-0.4, -0.2) is 49.9 Å². The third-order valence-electron chi connectivity index (χ3n) is 4.42. The molecule has 0 spiro atoms. The van der Waals surface area contributed by atoms with Crippen LogP contribution >= 0.6 is 11.6 Å². The standard InChI is InChI=1S/C21H18ClFN4O5/c22-14-5-6-16(23)15(9-14)13-3-1-12(2-4-13)10-27(11-18(28)21(31)32)26-20(30)17-7-8-19(29)25-24-17/h1-9,18,28H,10-11H2,(H,25,29)(H,26,30)(H,31,32). The highest BCUT2D eigenvalue weighted by Crippen LogP contribution is 2.26. The van der Waals surface area contributed by atoms with Gasteiger partial charge in [0.1, 0.15) is 11.5 Å². The highest BCUT2D eigenvalue weighted by atomic mass is 35.5. The lowest BCUT2D eigenvalue weighted by Crippen LogP contribution is -2.47. The molecule has 1 amide bonds. The van der Waals surface area contributed by atoms with Crippen LogP contribution < -0.4 is 11.0 Å². The fourth-order valence-corrected chi connectivity index (χ4v) is 3.01. The third kappa shape index (κ3) is 5.97. The first-order chi connectivity index (χ1) is 15.2. The topological polar surface area (TPSA) is 136 Å². The number of hydrogen-bond acceptors (Lipinski definition) is 6. The zero-order valence-corrected chi connectivity index (χ0v) is 17.2. The fourth-order valence-electron chi connectivity index (χ4n) is 2.84. The summed E-state index contributed by atoms with van der Waals surface area (Å²) in [6.07, 6.45) is -1.77. The molecule has 11 heteroatoms. The molecule has 0 radical (unpaired) electrons. The molecule has 4 N–H and O–H groups in total. The lowest BCUT2D eigenvalue weighted by Gasteiger charge is -2.24. The molecule has 3 rings (SSSR count). The molecule has 32 heavy (non-hydrogen) atoms. The van der Waals surface area contributed by atoms with Gasteiger partial charge in [0.15, 0.2) is 6.10 Å². The summed E-state index contributed by atoms with van der Waals surface area (Å²) in [5, 5.41) is 26.1. The Morgan fingerprint density at radius 2 is 1.88 bits per heavy atom. The van der Waals surface area contributed by atoms with Crippen molar-refractivity contribution >= 4 is 23.5 Å². The van der Waals surface area contributed by atoms with Crippen LogP contribution in [0.25, 0.3) is 11.1 Å². The number of carboxylic acids is 1. The van der Waals surface area contributed by atoms with Gasteiger partial charge >= 0.3 is 5.97 Å². The van der Waals surface area contributed by atoms with Crippen molar-refractivity contribution in [1.82, 2.24) is 20.6 Å². The number of rotatable bonds is 8. The van der Waals surface area contributed by atoms with E-state index in [0.717, 1.165) is 6.07 Å². The summed E-state index contributed by atoms with van der Waals surface area (Å²) in [4.78, 5) is 34.6. The van der Waals surface area contributed by atoms with Crippen LogP contribution in [0.3, 0.4) is 0 Å². The van der Waals surface area contributed by atoms with Gasteiger partial charge in [-0.2, -0.15) is 5.10 Å². The summed E-state index contributed by atoms with van der Waals surface area (Å²) in [7, 11) is 0. The second-order valence-electron chi connectivity index (χ2n) is 6.80. The molecule has 2 aromatic carbocycles. The molecular weight excluding hydrogens is 443 g/mol. The van der Waals surface area contributed by atoms with Crippen LogP contribution in [0.15, 0.2) is 59.4 Å². The van der Waals surface area contributed by atoms with Crippen molar-refractivity contribution in [3.05, 3.63) is 87.0 Å². The maximum Gasteiger partial charge on any atom is 0.333 e.